The Balaban J connectivity index is 1.60. The van der Waals surface area contributed by atoms with Gasteiger partial charge in [-0.1, -0.05) is 42.0 Å². The molecule has 3 rings (SSSR count). The van der Waals surface area contributed by atoms with Gasteiger partial charge in [-0.25, -0.2) is 0 Å². The topological polar surface area (TPSA) is 15.3 Å². The number of hydrogen-bond acceptors (Lipinski definition) is 2. The molecule has 0 atom stereocenters. The minimum Gasteiger partial charge on any atom is -0.316 e. The fourth-order valence-corrected chi connectivity index (χ4v) is 2.90. The fourth-order valence-electron chi connectivity index (χ4n) is 2.90. The molecule has 2 aromatic carbocycles. The fraction of sp³-hybridized carbons (Fsp3) is 0.444. The predicted molar refractivity (Wildman–Crippen MR) is 86.2 cm³/mol. The van der Waals surface area contributed by atoms with Crippen molar-refractivity contribution in [3.63, 3.8) is 0 Å². The highest BCUT2D eigenvalue weighted by Gasteiger charge is 2.17. The zero-order valence-electron chi connectivity index (χ0n) is 12.5. The van der Waals surface area contributed by atoms with Crippen LogP contribution in [0.1, 0.15) is 11.1 Å². The summed E-state index contributed by atoms with van der Waals surface area (Å²) < 4.78 is 0. The van der Waals surface area contributed by atoms with Gasteiger partial charge in [0.2, 0.25) is 0 Å². The average molecular weight is 268 g/mol. The van der Waals surface area contributed by atoms with Gasteiger partial charge in [0, 0.05) is 26.2 Å². The smallest absolute Gasteiger partial charge is 0.00311 e. The van der Waals surface area contributed by atoms with Gasteiger partial charge >= 0.3 is 0 Å². The Morgan fingerprint density at radius 2 is 1.85 bits per heavy atom. The molecule has 0 saturated carbocycles. The van der Waals surface area contributed by atoms with Crippen LogP contribution in [-0.2, 0) is 6.42 Å². The Morgan fingerprint density at radius 3 is 2.60 bits per heavy atom. The van der Waals surface area contributed by atoms with Crippen LogP contribution in [-0.4, -0.2) is 38.1 Å². The summed E-state index contributed by atoms with van der Waals surface area (Å²) in [7, 11) is 2.24. The summed E-state index contributed by atoms with van der Waals surface area (Å²) in [6.07, 6.45) is 1.14. The molecule has 20 heavy (non-hydrogen) atoms. The molecule has 0 amide bonds. The predicted octanol–water partition coefficient (Wildman–Crippen LogP) is 2.84. The van der Waals surface area contributed by atoms with Gasteiger partial charge in [-0.3, -0.25) is 0 Å². The van der Waals surface area contributed by atoms with Gasteiger partial charge in [0.25, 0.3) is 0 Å². The van der Waals surface area contributed by atoms with Gasteiger partial charge in [-0.05, 0) is 42.6 Å². The van der Waals surface area contributed by atoms with E-state index in [4.69, 9.17) is 0 Å². The molecule has 106 valence electrons. The molecule has 2 aromatic rings. The maximum atomic E-state index is 3.34. The standard InChI is InChI=1S/C18H24N2/c1-14-3-5-18-10-15(4-6-17(18)9-14)7-8-20(2)13-16-11-19-12-16/h3-6,9-10,16,19H,7-8,11-13H2,1-2H3. The van der Waals surface area contributed by atoms with Gasteiger partial charge in [-0.2, -0.15) is 0 Å². The van der Waals surface area contributed by atoms with Gasteiger partial charge in [-0.15, -0.1) is 0 Å². The van der Waals surface area contributed by atoms with E-state index in [1.54, 1.807) is 0 Å². The van der Waals surface area contributed by atoms with Gasteiger partial charge in [0.05, 0.1) is 0 Å². The number of likely N-dealkylation sites (N-methyl/N-ethyl adjacent to an activating group) is 1. The molecule has 0 unspecified atom stereocenters. The quantitative estimate of drug-likeness (QED) is 0.897. The SMILES string of the molecule is Cc1ccc2cc(CCN(C)CC3CNC3)ccc2c1. The first kappa shape index (κ1) is 13.6. The number of fused-ring (bicyclic) bond motifs is 1. The van der Waals surface area contributed by atoms with Crippen molar-refractivity contribution >= 4 is 10.8 Å². The first-order valence-electron chi connectivity index (χ1n) is 7.59. The van der Waals surface area contributed by atoms with Crippen molar-refractivity contribution in [2.24, 2.45) is 5.92 Å². The highest BCUT2D eigenvalue weighted by molar-refractivity contribution is 5.83. The lowest BCUT2D eigenvalue weighted by atomic mass is 10.0. The van der Waals surface area contributed by atoms with Crippen molar-refractivity contribution < 1.29 is 0 Å². The van der Waals surface area contributed by atoms with E-state index in [0.29, 0.717) is 0 Å². The Labute approximate surface area is 121 Å². The molecule has 0 aromatic heterocycles. The third kappa shape index (κ3) is 3.20. The molecule has 0 spiro atoms. The van der Waals surface area contributed by atoms with E-state index in [0.717, 1.165) is 18.9 Å². The molecule has 2 heteroatoms. The molecular formula is C18H24N2. The lowest BCUT2D eigenvalue weighted by Gasteiger charge is -2.31. The van der Waals surface area contributed by atoms with Crippen LogP contribution in [0.2, 0.25) is 0 Å². The Bertz CT molecular complexity index is 587. The number of aryl methyl sites for hydroxylation is 1. The second-order valence-electron chi connectivity index (χ2n) is 6.22. The van der Waals surface area contributed by atoms with Crippen molar-refractivity contribution in [1.29, 1.82) is 0 Å². The maximum absolute atomic E-state index is 3.34. The zero-order chi connectivity index (χ0) is 13.9. The maximum Gasteiger partial charge on any atom is 0.00311 e. The molecule has 1 heterocycles. The van der Waals surface area contributed by atoms with Crippen molar-refractivity contribution in [2.75, 3.05) is 33.2 Å². The lowest BCUT2D eigenvalue weighted by molar-refractivity contribution is 0.226. The second-order valence-corrected chi connectivity index (χ2v) is 6.22. The average Bonchev–Trinajstić information content (AvgIpc) is 2.40. The Morgan fingerprint density at radius 1 is 1.10 bits per heavy atom. The number of rotatable bonds is 5. The van der Waals surface area contributed by atoms with Crippen LogP contribution in [0.25, 0.3) is 10.8 Å². The first-order chi connectivity index (χ1) is 9.70. The number of benzene rings is 2. The van der Waals surface area contributed by atoms with Gasteiger partial charge < -0.3 is 10.2 Å². The van der Waals surface area contributed by atoms with Crippen LogP contribution in [0.4, 0.5) is 0 Å². The third-order valence-corrected chi connectivity index (χ3v) is 4.28. The molecular weight excluding hydrogens is 244 g/mol. The van der Waals surface area contributed by atoms with E-state index in [2.05, 4.69) is 60.6 Å². The van der Waals surface area contributed by atoms with Gasteiger partial charge in [0.15, 0.2) is 0 Å². The molecule has 0 aliphatic carbocycles. The summed E-state index contributed by atoms with van der Waals surface area (Å²) in [4.78, 5) is 2.46. The van der Waals surface area contributed by atoms with Crippen molar-refractivity contribution in [2.45, 2.75) is 13.3 Å². The summed E-state index contributed by atoms with van der Waals surface area (Å²) in [6, 6.07) is 13.6. The molecule has 1 aliphatic rings. The Kier molecular flexibility index (Phi) is 4.04. The largest absolute Gasteiger partial charge is 0.316 e. The van der Waals surface area contributed by atoms with Crippen molar-refractivity contribution in [1.82, 2.24) is 10.2 Å². The minimum atomic E-state index is 0.861. The van der Waals surface area contributed by atoms with E-state index in [1.165, 1.54) is 41.5 Å². The monoisotopic (exact) mass is 268 g/mol. The van der Waals surface area contributed by atoms with Crippen LogP contribution in [0, 0.1) is 12.8 Å². The summed E-state index contributed by atoms with van der Waals surface area (Å²) >= 11 is 0. The highest BCUT2D eigenvalue weighted by Crippen LogP contribution is 2.18. The number of nitrogens with one attached hydrogen (secondary N) is 1. The van der Waals surface area contributed by atoms with Crippen LogP contribution >= 0.6 is 0 Å². The van der Waals surface area contributed by atoms with Crippen molar-refractivity contribution in [3.8, 4) is 0 Å². The molecule has 1 saturated heterocycles. The summed E-state index contributed by atoms with van der Waals surface area (Å²) in [5, 5.41) is 6.05. The lowest BCUT2D eigenvalue weighted by Crippen LogP contribution is -2.47. The normalized spacial score (nSPS) is 15.8. The summed E-state index contributed by atoms with van der Waals surface area (Å²) in [5.41, 5.74) is 2.78. The van der Waals surface area contributed by atoms with Crippen molar-refractivity contribution in [3.05, 3.63) is 47.5 Å². The molecule has 0 bridgehead atoms. The molecule has 0 radical (unpaired) electrons. The van der Waals surface area contributed by atoms with E-state index >= 15 is 0 Å². The minimum absolute atomic E-state index is 0.861. The molecule has 1 N–H and O–H groups in total. The van der Waals surface area contributed by atoms with Gasteiger partial charge in [0.1, 0.15) is 0 Å². The number of hydrogen-bond donors (Lipinski definition) is 1. The van der Waals surface area contributed by atoms with E-state index < -0.39 is 0 Å². The highest BCUT2D eigenvalue weighted by atomic mass is 15.1. The molecule has 1 aliphatic heterocycles. The van der Waals surface area contributed by atoms with E-state index in [1.807, 2.05) is 0 Å². The first-order valence-corrected chi connectivity index (χ1v) is 7.59. The van der Waals surface area contributed by atoms with E-state index in [-0.39, 0.29) is 0 Å². The zero-order valence-corrected chi connectivity index (χ0v) is 12.5. The van der Waals surface area contributed by atoms with E-state index in [9.17, 15) is 0 Å². The van der Waals surface area contributed by atoms with Crippen LogP contribution in [0.15, 0.2) is 36.4 Å². The molecule has 2 nitrogen and oxygen atoms in total. The van der Waals surface area contributed by atoms with Crippen LogP contribution in [0.3, 0.4) is 0 Å². The molecule has 1 fully saturated rings. The third-order valence-electron chi connectivity index (χ3n) is 4.28. The Hall–Kier alpha value is -1.38. The summed E-state index contributed by atoms with van der Waals surface area (Å²) in [6.45, 7) is 6.91. The van der Waals surface area contributed by atoms with Crippen LogP contribution < -0.4 is 5.32 Å². The number of nitrogens with zero attached hydrogens (tertiary/aromatic N) is 1. The van der Waals surface area contributed by atoms with Crippen LogP contribution in [0.5, 0.6) is 0 Å². The summed E-state index contributed by atoms with van der Waals surface area (Å²) in [5.74, 6) is 0.861. The second kappa shape index (κ2) is 5.94.